The van der Waals surface area contributed by atoms with Gasteiger partial charge in [0.05, 0.1) is 44.4 Å². The SMILES string of the molecule is COc1ccc(OC)c(N2C(=S)N[C@@H](c3ccccn3)[C@H]2c2cccn2-c2ccccc2OC)c1. The number of benzene rings is 2. The Morgan fingerprint density at radius 2 is 1.60 bits per heavy atom. The van der Waals surface area contributed by atoms with Gasteiger partial charge in [0.1, 0.15) is 23.3 Å². The highest BCUT2D eigenvalue weighted by atomic mass is 32.1. The Bertz CT molecular complexity index is 1340. The lowest BCUT2D eigenvalue weighted by atomic mass is 10.0. The van der Waals surface area contributed by atoms with Crippen molar-refractivity contribution in [3.8, 4) is 22.9 Å². The molecule has 0 saturated carbocycles. The number of nitrogens with one attached hydrogen (secondary N) is 1. The van der Waals surface area contributed by atoms with E-state index >= 15 is 0 Å². The van der Waals surface area contributed by atoms with Crippen LogP contribution in [0.5, 0.6) is 17.2 Å². The molecule has 8 heteroatoms. The highest BCUT2D eigenvalue weighted by Gasteiger charge is 2.43. The van der Waals surface area contributed by atoms with Gasteiger partial charge in [-0.05, 0) is 60.7 Å². The minimum atomic E-state index is -0.238. The third-order valence-electron chi connectivity index (χ3n) is 6.17. The average Bonchev–Trinajstić information content (AvgIpc) is 3.52. The second kappa shape index (κ2) is 9.68. The monoisotopic (exact) mass is 486 g/mol. The van der Waals surface area contributed by atoms with Gasteiger partial charge in [-0.15, -0.1) is 0 Å². The lowest BCUT2D eigenvalue weighted by Crippen LogP contribution is -2.30. The van der Waals surface area contributed by atoms with Gasteiger partial charge in [0, 0.05) is 24.2 Å². The van der Waals surface area contributed by atoms with E-state index in [2.05, 4.69) is 25.8 Å². The van der Waals surface area contributed by atoms with Crippen LogP contribution < -0.4 is 24.4 Å². The van der Waals surface area contributed by atoms with E-state index in [1.54, 1.807) is 27.5 Å². The summed E-state index contributed by atoms with van der Waals surface area (Å²) in [5.41, 5.74) is 3.64. The van der Waals surface area contributed by atoms with E-state index in [0.29, 0.717) is 16.6 Å². The molecule has 5 rings (SSSR count). The molecule has 4 aromatic rings. The van der Waals surface area contributed by atoms with Crippen molar-refractivity contribution in [3.63, 3.8) is 0 Å². The first kappa shape index (κ1) is 22.7. The summed E-state index contributed by atoms with van der Waals surface area (Å²) in [6.07, 6.45) is 3.83. The van der Waals surface area contributed by atoms with Crippen LogP contribution in [0.1, 0.15) is 23.5 Å². The molecule has 0 amide bonds. The molecule has 178 valence electrons. The largest absolute Gasteiger partial charge is 0.497 e. The van der Waals surface area contributed by atoms with Crippen molar-refractivity contribution in [1.82, 2.24) is 14.9 Å². The van der Waals surface area contributed by atoms with Crippen molar-refractivity contribution in [2.45, 2.75) is 12.1 Å². The molecule has 1 aliphatic heterocycles. The van der Waals surface area contributed by atoms with Crippen LogP contribution >= 0.6 is 12.2 Å². The Kier molecular flexibility index (Phi) is 6.29. The smallest absolute Gasteiger partial charge is 0.174 e. The van der Waals surface area contributed by atoms with Crippen LogP contribution in [0.4, 0.5) is 5.69 Å². The molecule has 1 N–H and O–H groups in total. The van der Waals surface area contributed by atoms with E-state index in [1.807, 2.05) is 72.9 Å². The van der Waals surface area contributed by atoms with Crippen molar-refractivity contribution in [1.29, 1.82) is 0 Å². The van der Waals surface area contributed by atoms with E-state index in [9.17, 15) is 0 Å². The Morgan fingerprint density at radius 1 is 0.829 bits per heavy atom. The number of para-hydroxylation sites is 2. The maximum Gasteiger partial charge on any atom is 0.174 e. The minimum Gasteiger partial charge on any atom is -0.497 e. The molecule has 35 heavy (non-hydrogen) atoms. The third-order valence-corrected chi connectivity index (χ3v) is 6.49. The number of nitrogens with zero attached hydrogens (tertiary/aromatic N) is 3. The Morgan fingerprint density at radius 3 is 2.34 bits per heavy atom. The van der Waals surface area contributed by atoms with Crippen LogP contribution in [0.25, 0.3) is 5.69 Å². The number of methoxy groups -OCH3 is 3. The van der Waals surface area contributed by atoms with Crippen molar-refractivity contribution in [2.75, 3.05) is 26.2 Å². The summed E-state index contributed by atoms with van der Waals surface area (Å²) in [6.45, 7) is 0. The van der Waals surface area contributed by atoms with E-state index in [-0.39, 0.29) is 12.1 Å². The number of pyridine rings is 1. The van der Waals surface area contributed by atoms with Crippen LogP contribution in [-0.4, -0.2) is 36.0 Å². The number of hydrogen-bond donors (Lipinski definition) is 1. The molecule has 1 saturated heterocycles. The summed E-state index contributed by atoms with van der Waals surface area (Å²) in [5, 5.41) is 4.08. The molecule has 1 aliphatic rings. The maximum atomic E-state index is 5.90. The molecule has 2 aromatic heterocycles. The van der Waals surface area contributed by atoms with E-state index < -0.39 is 0 Å². The first-order valence-corrected chi connectivity index (χ1v) is 11.6. The number of rotatable bonds is 7. The molecule has 2 atom stereocenters. The summed E-state index contributed by atoms with van der Waals surface area (Å²) in [7, 11) is 4.98. The molecular weight excluding hydrogens is 460 g/mol. The number of aromatic nitrogens is 2. The van der Waals surface area contributed by atoms with Gasteiger partial charge in [-0.1, -0.05) is 18.2 Å². The van der Waals surface area contributed by atoms with Gasteiger partial charge in [-0.2, -0.15) is 0 Å². The van der Waals surface area contributed by atoms with Gasteiger partial charge in [0.2, 0.25) is 0 Å². The quantitative estimate of drug-likeness (QED) is 0.366. The minimum absolute atomic E-state index is 0.206. The van der Waals surface area contributed by atoms with E-state index in [4.69, 9.17) is 26.4 Å². The fourth-order valence-electron chi connectivity index (χ4n) is 4.58. The second-order valence-electron chi connectivity index (χ2n) is 8.01. The summed E-state index contributed by atoms with van der Waals surface area (Å²) in [6, 6.07) is 23.2. The Labute approximate surface area is 209 Å². The van der Waals surface area contributed by atoms with E-state index in [0.717, 1.165) is 28.5 Å². The maximum absolute atomic E-state index is 5.90. The molecule has 2 aromatic carbocycles. The van der Waals surface area contributed by atoms with Crippen molar-refractivity contribution in [3.05, 3.63) is 96.6 Å². The number of anilines is 1. The molecule has 0 radical (unpaired) electrons. The Hall–Kier alpha value is -4.04. The number of ether oxygens (including phenoxy) is 3. The van der Waals surface area contributed by atoms with Crippen LogP contribution in [-0.2, 0) is 0 Å². The van der Waals surface area contributed by atoms with Gasteiger partial charge in [0.15, 0.2) is 5.11 Å². The fraction of sp³-hybridized carbons (Fsp3) is 0.185. The first-order chi connectivity index (χ1) is 17.2. The summed E-state index contributed by atoms with van der Waals surface area (Å²) < 4.78 is 19.1. The molecule has 0 aliphatic carbocycles. The summed E-state index contributed by atoms with van der Waals surface area (Å²) in [5.74, 6) is 2.18. The lowest BCUT2D eigenvalue weighted by Gasteiger charge is -2.30. The van der Waals surface area contributed by atoms with E-state index in [1.165, 1.54) is 0 Å². The molecule has 3 heterocycles. The standard InChI is InChI=1S/C27H26N4O3S/c1-32-18-13-14-24(34-3)22(17-18)31-26(25(29-27(31)35)19-9-6-7-15-28-19)21-11-8-16-30(21)20-10-4-5-12-23(20)33-2/h4-17,25-26H,1-3H3,(H,29,35)/t25-,26+/m0/s1. The van der Waals surface area contributed by atoms with Gasteiger partial charge >= 0.3 is 0 Å². The summed E-state index contributed by atoms with van der Waals surface area (Å²) >= 11 is 5.90. The highest BCUT2D eigenvalue weighted by molar-refractivity contribution is 7.80. The van der Waals surface area contributed by atoms with Crippen LogP contribution in [0.2, 0.25) is 0 Å². The first-order valence-electron chi connectivity index (χ1n) is 11.2. The van der Waals surface area contributed by atoms with Crippen molar-refractivity contribution >= 4 is 23.0 Å². The average molecular weight is 487 g/mol. The van der Waals surface area contributed by atoms with Crippen LogP contribution in [0.3, 0.4) is 0 Å². The number of thiocarbonyl (C=S) groups is 1. The normalized spacial score (nSPS) is 17.2. The summed E-state index contributed by atoms with van der Waals surface area (Å²) in [4.78, 5) is 6.74. The highest BCUT2D eigenvalue weighted by Crippen LogP contribution is 2.46. The van der Waals surface area contributed by atoms with Gasteiger partial charge in [-0.3, -0.25) is 4.98 Å². The molecular formula is C27H26N4O3S. The predicted octanol–water partition coefficient (Wildman–Crippen LogP) is 5.08. The van der Waals surface area contributed by atoms with Gasteiger partial charge in [-0.25, -0.2) is 0 Å². The van der Waals surface area contributed by atoms with Crippen LogP contribution in [0.15, 0.2) is 85.2 Å². The zero-order valence-electron chi connectivity index (χ0n) is 19.7. The zero-order chi connectivity index (χ0) is 24.4. The number of hydrogen-bond acceptors (Lipinski definition) is 5. The Balaban J connectivity index is 1.72. The topological polar surface area (TPSA) is 60.8 Å². The third kappa shape index (κ3) is 4.06. The van der Waals surface area contributed by atoms with Gasteiger partial charge in [0.25, 0.3) is 0 Å². The molecule has 1 fully saturated rings. The predicted molar refractivity (Wildman–Crippen MR) is 140 cm³/mol. The molecule has 7 nitrogen and oxygen atoms in total. The molecule has 0 spiro atoms. The zero-order valence-corrected chi connectivity index (χ0v) is 20.5. The second-order valence-corrected chi connectivity index (χ2v) is 8.40. The molecule has 0 unspecified atom stereocenters. The molecule has 0 bridgehead atoms. The van der Waals surface area contributed by atoms with Crippen LogP contribution in [0, 0.1) is 0 Å². The van der Waals surface area contributed by atoms with Gasteiger partial charge < -0.3 is 29.0 Å². The lowest BCUT2D eigenvalue weighted by molar-refractivity contribution is 0.402. The van der Waals surface area contributed by atoms with Crippen molar-refractivity contribution < 1.29 is 14.2 Å². The van der Waals surface area contributed by atoms with Crippen molar-refractivity contribution in [2.24, 2.45) is 0 Å². The fourth-order valence-corrected chi connectivity index (χ4v) is 4.92.